The van der Waals surface area contributed by atoms with Gasteiger partial charge in [-0.3, -0.25) is 9.59 Å². The fraction of sp³-hybridized carbons (Fsp3) is 0.357. The minimum absolute atomic E-state index is 0.0481. The van der Waals surface area contributed by atoms with E-state index in [1.165, 1.54) is 0 Å². The second kappa shape index (κ2) is 8.70. The van der Waals surface area contributed by atoms with Crippen molar-refractivity contribution in [2.45, 2.75) is 12.5 Å². The molecule has 0 aliphatic rings. The Morgan fingerprint density at radius 2 is 1.86 bits per heavy atom. The van der Waals surface area contributed by atoms with Crippen molar-refractivity contribution in [2.24, 2.45) is 0 Å². The lowest BCUT2D eigenvalue weighted by Gasteiger charge is -2.10. The Morgan fingerprint density at radius 3 is 2.48 bits per heavy atom. The second-order valence-corrected chi connectivity index (χ2v) is 4.21. The van der Waals surface area contributed by atoms with Crippen molar-refractivity contribution in [1.82, 2.24) is 10.6 Å². The van der Waals surface area contributed by atoms with Crippen LogP contribution in [0.1, 0.15) is 16.8 Å². The van der Waals surface area contributed by atoms with Crippen LogP contribution in [-0.4, -0.2) is 49.2 Å². The molecule has 7 heteroatoms. The van der Waals surface area contributed by atoms with Crippen LogP contribution in [-0.2, 0) is 14.3 Å². The van der Waals surface area contributed by atoms with Gasteiger partial charge in [0.15, 0.2) is 6.10 Å². The number of carbonyl (C=O) groups is 3. The number of amides is 2. The molecule has 0 bridgehead atoms. The van der Waals surface area contributed by atoms with E-state index in [4.69, 9.17) is 0 Å². The van der Waals surface area contributed by atoms with Crippen molar-refractivity contribution < 1.29 is 24.2 Å². The molecule has 1 atom stereocenters. The summed E-state index contributed by atoms with van der Waals surface area (Å²) in [6, 6.07) is 8.63. The van der Waals surface area contributed by atoms with Gasteiger partial charge in [0, 0.05) is 18.5 Å². The summed E-state index contributed by atoms with van der Waals surface area (Å²) in [7, 11) is 1.15. The van der Waals surface area contributed by atoms with Gasteiger partial charge >= 0.3 is 5.97 Å². The van der Waals surface area contributed by atoms with Crippen LogP contribution in [0.2, 0.25) is 0 Å². The van der Waals surface area contributed by atoms with E-state index in [-0.39, 0.29) is 31.3 Å². The summed E-state index contributed by atoms with van der Waals surface area (Å²) in [6.45, 7) is -0.0635. The number of methoxy groups -OCH3 is 1. The van der Waals surface area contributed by atoms with Crippen LogP contribution in [0.15, 0.2) is 30.3 Å². The summed E-state index contributed by atoms with van der Waals surface area (Å²) in [5.74, 6) is -1.46. The molecule has 2 amide bonds. The highest BCUT2D eigenvalue weighted by molar-refractivity contribution is 5.94. The first-order chi connectivity index (χ1) is 10.0. The molecule has 0 saturated carbocycles. The number of hydrogen-bond acceptors (Lipinski definition) is 5. The molecule has 3 N–H and O–H groups in total. The highest BCUT2D eigenvalue weighted by Gasteiger charge is 2.16. The SMILES string of the molecule is COC(=O)C(O)CNC(=O)CCNC(=O)c1ccccc1. The lowest BCUT2D eigenvalue weighted by Crippen LogP contribution is -2.38. The number of ether oxygens (including phenoxy) is 1. The molecule has 114 valence electrons. The molecule has 0 aliphatic heterocycles. The number of aliphatic hydroxyl groups is 1. The van der Waals surface area contributed by atoms with Gasteiger partial charge in [-0.15, -0.1) is 0 Å². The number of rotatable bonds is 7. The first kappa shape index (κ1) is 16.6. The van der Waals surface area contributed by atoms with E-state index in [0.717, 1.165) is 7.11 Å². The molecule has 1 aromatic rings. The molecule has 0 aliphatic carbocycles. The van der Waals surface area contributed by atoms with Gasteiger partial charge in [0.05, 0.1) is 13.7 Å². The maximum absolute atomic E-state index is 11.7. The zero-order valence-electron chi connectivity index (χ0n) is 11.7. The van der Waals surface area contributed by atoms with Crippen LogP contribution in [0.3, 0.4) is 0 Å². The second-order valence-electron chi connectivity index (χ2n) is 4.21. The highest BCUT2D eigenvalue weighted by Crippen LogP contribution is 1.97. The zero-order valence-corrected chi connectivity index (χ0v) is 11.7. The Morgan fingerprint density at radius 1 is 1.19 bits per heavy atom. The third kappa shape index (κ3) is 6.05. The van der Waals surface area contributed by atoms with Crippen LogP contribution in [0.25, 0.3) is 0 Å². The van der Waals surface area contributed by atoms with Crippen LogP contribution in [0, 0.1) is 0 Å². The number of nitrogens with one attached hydrogen (secondary N) is 2. The lowest BCUT2D eigenvalue weighted by atomic mass is 10.2. The Kier molecular flexibility index (Phi) is 6.90. The standard InChI is InChI=1S/C14H18N2O5/c1-21-14(20)11(17)9-16-12(18)7-8-15-13(19)10-5-3-2-4-6-10/h2-6,11,17H,7-9H2,1H3,(H,15,19)(H,16,18). The average Bonchev–Trinajstić information content (AvgIpc) is 2.52. The first-order valence-electron chi connectivity index (χ1n) is 6.40. The molecule has 0 heterocycles. The molecule has 1 unspecified atom stereocenters. The number of benzene rings is 1. The van der Waals surface area contributed by atoms with Crippen molar-refractivity contribution in [1.29, 1.82) is 0 Å². The summed E-state index contributed by atoms with van der Waals surface area (Å²) in [6.07, 6.45) is -1.34. The summed E-state index contributed by atoms with van der Waals surface area (Å²) >= 11 is 0. The Labute approximate surface area is 122 Å². The third-order valence-corrected chi connectivity index (χ3v) is 2.64. The maximum atomic E-state index is 11.7. The minimum Gasteiger partial charge on any atom is -0.467 e. The smallest absolute Gasteiger partial charge is 0.336 e. The monoisotopic (exact) mass is 294 g/mol. The topological polar surface area (TPSA) is 105 Å². The van der Waals surface area contributed by atoms with Crippen molar-refractivity contribution in [3.8, 4) is 0 Å². The molecule has 1 rings (SSSR count). The quantitative estimate of drug-likeness (QED) is 0.586. The summed E-state index contributed by atoms with van der Waals surface area (Å²) in [5.41, 5.74) is 0.513. The molecule has 21 heavy (non-hydrogen) atoms. The van der Waals surface area contributed by atoms with Gasteiger partial charge in [-0.1, -0.05) is 18.2 Å². The largest absolute Gasteiger partial charge is 0.467 e. The van der Waals surface area contributed by atoms with E-state index in [1.807, 2.05) is 0 Å². The van der Waals surface area contributed by atoms with E-state index < -0.39 is 12.1 Å². The Balaban J connectivity index is 2.22. The third-order valence-electron chi connectivity index (χ3n) is 2.64. The molecule has 0 saturated heterocycles. The predicted molar refractivity (Wildman–Crippen MR) is 74.4 cm³/mol. The minimum atomic E-state index is -1.39. The van der Waals surface area contributed by atoms with Gasteiger partial charge in [0.2, 0.25) is 5.91 Å². The van der Waals surface area contributed by atoms with E-state index in [1.54, 1.807) is 30.3 Å². The Bertz CT molecular complexity index is 489. The van der Waals surface area contributed by atoms with E-state index >= 15 is 0 Å². The molecule has 0 radical (unpaired) electrons. The first-order valence-corrected chi connectivity index (χ1v) is 6.40. The van der Waals surface area contributed by atoms with Crippen molar-refractivity contribution >= 4 is 17.8 Å². The van der Waals surface area contributed by atoms with Crippen molar-refractivity contribution in [3.63, 3.8) is 0 Å². The van der Waals surface area contributed by atoms with Gasteiger partial charge in [-0.25, -0.2) is 4.79 Å². The van der Waals surface area contributed by atoms with Gasteiger partial charge in [-0.05, 0) is 12.1 Å². The average molecular weight is 294 g/mol. The number of hydrogen-bond donors (Lipinski definition) is 3. The van der Waals surface area contributed by atoms with E-state index in [0.29, 0.717) is 5.56 Å². The fourth-order valence-electron chi connectivity index (χ4n) is 1.50. The van der Waals surface area contributed by atoms with Crippen molar-refractivity contribution in [3.05, 3.63) is 35.9 Å². The van der Waals surface area contributed by atoms with Crippen molar-refractivity contribution in [2.75, 3.05) is 20.2 Å². The summed E-state index contributed by atoms with van der Waals surface area (Å²) in [5, 5.41) is 14.2. The predicted octanol–water partition coefficient (Wildman–Crippen LogP) is -0.543. The van der Waals surface area contributed by atoms with Gasteiger partial charge in [0.1, 0.15) is 0 Å². The summed E-state index contributed by atoms with van der Waals surface area (Å²) < 4.78 is 4.31. The molecule has 0 spiro atoms. The molecule has 1 aromatic carbocycles. The molecule has 7 nitrogen and oxygen atoms in total. The molecule has 0 aromatic heterocycles. The number of esters is 1. The normalized spacial score (nSPS) is 11.3. The van der Waals surface area contributed by atoms with E-state index in [9.17, 15) is 19.5 Å². The molecule has 0 fully saturated rings. The molecular weight excluding hydrogens is 276 g/mol. The van der Waals surface area contributed by atoms with Gasteiger partial charge < -0.3 is 20.5 Å². The lowest BCUT2D eigenvalue weighted by molar-refractivity contribution is -0.150. The van der Waals surface area contributed by atoms with E-state index in [2.05, 4.69) is 15.4 Å². The fourth-order valence-corrected chi connectivity index (χ4v) is 1.50. The van der Waals surface area contributed by atoms with Crippen LogP contribution < -0.4 is 10.6 Å². The highest BCUT2D eigenvalue weighted by atomic mass is 16.5. The van der Waals surface area contributed by atoms with Crippen LogP contribution in [0.5, 0.6) is 0 Å². The maximum Gasteiger partial charge on any atom is 0.336 e. The van der Waals surface area contributed by atoms with Gasteiger partial charge in [-0.2, -0.15) is 0 Å². The van der Waals surface area contributed by atoms with Crippen LogP contribution in [0.4, 0.5) is 0 Å². The molecular formula is C14H18N2O5. The number of carbonyl (C=O) groups excluding carboxylic acids is 3. The van der Waals surface area contributed by atoms with Crippen LogP contribution >= 0.6 is 0 Å². The van der Waals surface area contributed by atoms with Gasteiger partial charge in [0.25, 0.3) is 5.91 Å². The Hall–Kier alpha value is -2.41. The number of aliphatic hydroxyl groups excluding tert-OH is 1. The zero-order chi connectivity index (χ0) is 15.7. The summed E-state index contributed by atoms with van der Waals surface area (Å²) in [4.78, 5) is 34.0.